The number of carbonyl (C=O) groups is 3. The van der Waals surface area contributed by atoms with E-state index in [0.29, 0.717) is 58.5 Å². The number of nitrogens with two attached hydrogens (primary N) is 1. The van der Waals surface area contributed by atoms with E-state index in [0.717, 1.165) is 51.2 Å². The minimum Gasteiger partial charge on any atom is -0.394 e. The molecule has 0 radical (unpaired) electrons. The maximum absolute atomic E-state index is 12.1. The number of rotatable bonds is 42. The van der Waals surface area contributed by atoms with Gasteiger partial charge in [0, 0.05) is 32.5 Å². The van der Waals surface area contributed by atoms with Crippen LogP contribution in [0.1, 0.15) is 91.4 Å². The standard InChI is InChI=1S/C33H62N4O18.C29H54N2O17.C2H6/c1-37(10-6-2-3-8-21(41)36-35-17(13-38)7-4-5-9-34)11-12-50-32-29(49)30(55-33-28(48)26(46)23(43)19(15-40)53-33)24(44)20(54-32)16-51-31-27(47)25(45)22(42)18(14-39)52-31;1-3-30-17(34)7-5-4-6-8-31(2)9-10-43-28-25(42)26(48-29-24(41)22(39)19(36)15(12-33)46-29)20(37)16(47-28)13-44-27-23(40)21(38)18(35)14(11-32)45-27;1-2/h13,17-20,22-33,35,39-40,42-49H,2-12,14-16,34H2,1H3,(H,36,41);14-16,18-29,32-33,35-42H,3-13H2,1-2H3,(H,30,34);1-2H3/t17-,18+,19+,20+,22+,23+,24+,25-,26-,27-,28-,29-,30-,31-,32-,33+;14-,15-,16-,18-,19-,20-,21+,22+,23+,24+,25+,26+,27+,28+,29-;/m01./s1. The Morgan fingerprint density at radius 3 is 1.11 bits per heavy atom. The SMILES string of the molecule is CC.CCNC(=O)CCCCCN(C)CCO[C@H]1O[C@H](CO[C@H]2O[C@H](CO)[C@@H](O)[C@H](O)[C@@H]2O)[C@@H](O)[C@H](O[C@H]2O[C@H](CO)[C@@H](O)[C@H](O)[C@@H]2O)[C@@H]1O.CN(CCCCCC(=O)NN[C@H](C=O)CCCCN)CCO[C@H]1O[C@H](CO[C@H]2O[C@H](CO)[C@@H](O)[C@H](O)[C@@H]2O)[C@@H](O)[C@H](O[C@H]2O[C@H](CO)[C@@H](O)[C@H](O)[C@@H]2O)[C@@H]1O. The fourth-order valence-electron chi connectivity index (χ4n) is 11.9. The molecule has 6 saturated heterocycles. The van der Waals surface area contributed by atoms with Crippen LogP contribution in [0.5, 0.6) is 0 Å². The molecule has 0 aromatic carbocycles. The molecule has 0 bridgehead atoms. The van der Waals surface area contributed by atoms with Gasteiger partial charge in [-0.05, 0) is 79.2 Å². The fourth-order valence-corrected chi connectivity index (χ4v) is 11.9. The summed E-state index contributed by atoms with van der Waals surface area (Å²) in [5.74, 6) is -0.213. The van der Waals surface area contributed by atoms with Crippen LogP contribution in [0.2, 0.25) is 0 Å². The van der Waals surface area contributed by atoms with Gasteiger partial charge in [-0.1, -0.05) is 33.1 Å². The van der Waals surface area contributed by atoms with Crippen LogP contribution >= 0.6 is 0 Å². The molecule has 6 aliphatic rings. The van der Waals surface area contributed by atoms with Gasteiger partial charge in [-0.2, -0.15) is 0 Å². The van der Waals surface area contributed by atoms with Crippen LogP contribution in [0, 0.1) is 0 Å². The Hall–Kier alpha value is -2.83. The van der Waals surface area contributed by atoms with Crippen molar-refractivity contribution < 1.29 is 173 Å². The molecule has 41 nitrogen and oxygen atoms in total. The molecule has 25 N–H and O–H groups in total. The molecule has 0 aromatic rings. The van der Waals surface area contributed by atoms with Gasteiger partial charge in [0.05, 0.1) is 58.9 Å². The molecule has 0 unspecified atom stereocenters. The van der Waals surface area contributed by atoms with Crippen molar-refractivity contribution in [1.29, 1.82) is 0 Å². The number of hydrogen-bond acceptors (Lipinski definition) is 39. The third-order valence-corrected chi connectivity index (χ3v) is 18.4. The first-order valence-corrected chi connectivity index (χ1v) is 36.0. The van der Waals surface area contributed by atoms with E-state index in [4.69, 9.17) is 62.6 Å². The normalized spacial score (nSPS) is 38.3. The number of aliphatic hydroxyl groups excluding tert-OH is 20. The molecule has 6 aliphatic heterocycles. The average molecular weight is 1540 g/mol. The van der Waals surface area contributed by atoms with E-state index in [-0.39, 0.29) is 31.4 Å². The van der Waals surface area contributed by atoms with Crippen LogP contribution in [-0.2, 0) is 71.2 Å². The van der Waals surface area contributed by atoms with Crippen molar-refractivity contribution >= 4 is 18.1 Å². The summed E-state index contributed by atoms with van der Waals surface area (Å²) in [7, 11) is 3.69. The summed E-state index contributed by atoms with van der Waals surface area (Å²) in [6.07, 6.45) is -40.5. The van der Waals surface area contributed by atoms with Crippen molar-refractivity contribution in [3.63, 3.8) is 0 Å². The van der Waals surface area contributed by atoms with Gasteiger partial charge in [0.15, 0.2) is 37.7 Å². The number of hydrazine groups is 1. The second-order valence-electron chi connectivity index (χ2n) is 26.3. The van der Waals surface area contributed by atoms with Gasteiger partial charge in [0.1, 0.15) is 153 Å². The molecule has 618 valence electrons. The van der Waals surface area contributed by atoms with Crippen LogP contribution in [0.4, 0.5) is 0 Å². The summed E-state index contributed by atoms with van der Waals surface area (Å²) in [5.41, 5.74) is 10.8. The summed E-state index contributed by atoms with van der Waals surface area (Å²) in [6, 6.07) is -0.479. The predicted octanol–water partition coefficient (Wildman–Crippen LogP) is -11.6. The number of unbranched alkanes of at least 4 members (excludes halogenated alkanes) is 5. The molecule has 0 aliphatic carbocycles. The zero-order chi connectivity index (χ0) is 78.2. The minimum absolute atomic E-state index is 0.00136. The highest BCUT2D eigenvalue weighted by Gasteiger charge is 2.55. The number of likely N-dealkylation sites (N-methyl/N-ethyl adjacent to an activating group) is 2. The molecular formula is C64H122N6O35. The second kappa shape index (κ2) is 49.5. The maximum atomic E-state index is 12.1. The zero-order valence-electron chi connectivity index (χ0n) is 60.2. The van der Waals surface area contributed by atoms with E-state index < -0.39 is 230 Å². The van der Waals surface area contributed by atoms with Gasteiger partial charge < -0.3 is 185 Å². The topological polar surface area (TPSA) is 635 Å². The van der Waals surface area contributed by atoms with Crippen molar-refractivity contribution in [2.24, 2.45) is 5.73 Å². The van der Waals surface area contributed by atoms with Gasteiger partial charge >= 0.3 is 0 Å². The van der Waals surface area contributed by atoms with Crippen LogP contribution in [0.15, 0.2) is 0 Å². The quantitative estimate of drug-likeness (QED) is 0.0153. The van der Waals surface area contributed by atoms with Gasteiger partial charge in [-0.25, -0.2) is 5.43 Å². The van der Waals surface area contributed by atoms with Crippen LogP contribution < -0.4 is 21.9 Å². The van der Waals surface area contributed by atoms with Crippen molar-refractivity contribution in [1.82, 2.24) is 26.0 Å². The molecule has 6 rings (SSSR count). The summed E-state index contributed by atoms with van der Waals surface area (Å²) >= 11 is 0. The highest BCUT2D eigenvalue weighted by atomic mass is 16.8. The molecule has 0 aromatic heterocycles. The van der Waals surface area contributed by atoms with E-state index in [1.54, 1.807) is 0 Å². The highest BCUT2D eigenvalue weighted by molar-refractivity contribution is 5.76. The lowest BCUT2D eigenvalue weighted by Gasteiger charge is -2.46. The number of hydrogen-bond donors (Lipinski definition) is 24. The first-order chi connectivity index (χ1) is 50.1. The number of amides is 2. The largest absolute Gasteiger partial charge is 0.394 e. The summed E-state index contributed by atoms with van der Waals surface area (Å²) in [6.45, 7) is 5.05. The van der Waals surface area contributed by atoms with Gasteiger partial charge in [0.2, 0.25) is 11.8 Å². The highest BCUT2D eigenvalue weighted by Crippen LogP contribution is 2.34. The van der Waals surface area contributed by atoms with E-state index in [9.17, 15) is 117 Å². The lowest BCUT2D eigenvalue weighted by molar-refractivity contribution is -0.366. The number of aldehydes is 1. The molecule has 6 heterocycles. The fraction of sp³-hybridized carbons (Fsp3) is 0.953. The number of nitrogens with zero attached hydrogens (tertiary/aromatic N) is 2. The molecule has 105 heavy (non-hydrogen) atoms. The van der Waals surface area contributed by atoms with Gasteiger partial charge in [0.25, 0.3) is 0 Å². The molecular weight excluding hydrogens is 1410 g/mol. The third-order valence-electron chi connectivity index (χ3n) is 18.4. The first kappa shape index (κ1) is 94.5. The van der Waals surface area contributed by atoms with E-state index >= 15 is 0 Å². The summed E-state index contributed by atoms with van der Waals surface area (Å²) in [4.78, 5) is 38.8. The smallest absolute Gasteiger partial charge is 0.234 e. The Morgan fingerprint density at radius 2 is 0.762 bits per heavy atom. The van der Waals surface area contributed by atoms with Crippen LogP contribution in [0.25, 0.3) is 0 Å². The van der Waals surface area contributed by atoms with Crippen molar-refractivity contribution in [3.05, 3.63) is 0 Å². The molecule has 31 atom stereocenters. The van der Waals surface area contributed by atoms with Crippen molar-refractivity contribution in [2.75, 3.05) is 106 Å². The molecule has 0 saturated carbocycles. The number of carbonyl (C=O) groups excluding carboxylic acids is 3. The first-order valence-electron chi connectivity index (χ1n) is 36.0. The number of nitrogens with one attached hydrogen (secondary N) is 3. The summed E-state index contributed by atoms with van der Waals surface area (Å²) < 4.78 is 67.2. The Labute approximate surface area is 609 Å². The Balaban J connectivity index is 0.000000438. The van der Waals surface area contributed by atoms with E-state index in [1.807, 2.05) is 44.7 Å². The number of ether oxygens (including phenoxy) is 12. The van der Waals surface area contributed by atoms with Crippen molar-refractivity contribution in [2.45, 2.75) is 282 Å². The molecule has 41 heteroatoms. The van der Waals surface area contributed by atoms with Gasteiger partial charge in [-0.3, -0.25) is 15.0 Å². The second-order valence-corrected chi connectivity index (χ2v) is 26.3. The van der Waals surface area contributed by atoms with Crippen LogP contribution in [-0.4, -0.2) is 427 Å². The van der Waals surface area contributed by atoms with Crippen LogP contribution in [0.3, 0.4) is 0 Å². The monoisotopic (exact) mass is 1530 g/mol. The van der Waals surface area contributed by atoms with E-state index in [1.165, 1.54) is 0 Å². The zero-order valence-corrected chi connectivity index (χ0v) is 60.2. The lowest BCUT2D eigenvalue weighted by Crippen LogP contribution is -2.65. The molecule has 2 amide bonds. The summed E-state index contributed by atoms with van der Waals surface area (Å²) in [5, 5.41) is 208. The minimum atomic E-state index is -1.87. The van der Waals surface area contributed by atoms with Gasteiger partial charge in [-0.15, -0.1) is 0 Å². The Morgan fingerprint density at radius 1 is 0.419 bits per heavy atom. The van der Waals surface area contributed by atoms with Crippen molar-refractivity contribution in [3.8, 4) is 0 Å². The number of aliphatic hydroxyl groups is 20. The Kier molecular flexibility index (Phi) is 44.6. The maximum Gasteiger partial charge on any atom is 0.234 e. The van der Waals surface area contributed by atoms with E-state index in [2.05, 4.69) is 16.2 Å². The molecule has 6 fully saturated rings. The Bertz CT molecular complexity index is 2350. The third kappa shape index (κ3) is 28.7. The predicted molar refractivity (Wildman–Crippen MR) is 356 cm³/mol. The average Bonchev–Trinajstić information content (AvgIpc) is 0.792. The lowest BCUT2D eigenvalue weighted by atomic mass is 9.96. The molecule has 0 spiro atoms.